The molecule has 1 heterocycles. The van der Waals surface area contributed by atoms with Crippen LogP contribution in [0.25, 0.3) is 21.7 Å². The Morgan fingerprint density at radius 2 is 1.76 bits per heavy atom. The van der Waals surface area contributed by atoms with E-state index in [4.69, 9.17) is 4.98 Å². The Balaban J connectivity index is 0.000000196. The zero-order valence-corrected chi connectivity index (χ0v) is 22.8. The van der Waals surface area contributed by atoms with Crippen molar-refractivity contribution in [3.63, 3.8) is 0 Å². The number of pyridine rings is 1. The fourth-order valence-corrected chi connectivity index (χ4v) is 4.76. The number of aliphatic hydroxyl groups excluding tert-OH is 1. The summed E-state index contributed by atoms with van der Waals surface area (Å²) in [5, 5.41) is 13.3. The van der Waals surface area contributed by atoms with E-state index < -0.39 is 5.41 Å². The maximum absolute atomic E-state index is 11.5. The van der Waals surface area contributed by atoms with Crippen LogP contribution in [0.1, 0.15) is 83.8 Å². The molecule has 1 fully saturated rings. The summed E-state index contributed by atoms with van der Waals surface area (Å²) in [6, 6.07) is 14.0. The van der Waals surface area contributed by atoms with E-state index in [9.17, 15) is 9.90 Å². The van der Waals surface area contributed by atoms with Gasteiger partial charge in [0.15, 0.2) is 5.78 Å². The number of aromatic nitrogens is 1. The summed E-state index contributed by atoms with van der Waals surface area (Å²) in [6.07, 6.45) is 7.56. The Morgan fingerprint density at radius 1 is 1.06 bits per heavy atom. The fourth-order valence-electron chi connectivity index (χ4n) is 4.76. The van der Waals surface area contributed by atoms with E-state index in [1.807, 2.05) is 53.7 Å². The Bertz CT molecular complexity index is 1210. The van der Waals surface area contributed by atoms with Crippen LogP contribution in [0.3, 0.4) is 0 Å². The Labute approximate surface area is 211 Å². The summed E-state index contributed by atoms with van der Waals surface area (Å²) in [7, 11) is 0. The first-order chi connectivity index (χ1) is 15.0. The molecule has 0 aliphatic heterocycles. The van der Waals surface area contributed by atoms with Gasteiger partial charge in [-0.15, -0.1) is 35.0 Å². The van der Waals surface area contributed by atoms with Crippen molar-refractivity contribution in [2.24, 2.45) is 10.8 Å². The van der Waals surface area contributed by atoms with Gasteiger partial charge in [-0.25, -0.2) is 0 Å². The molecule has 1 aromatic heterocycles. The van der Waals surface area contributed by atoms with Crippen LogP contribution in [-0.4, -0.2) is 15.9 Å². The SMILES string of the molecule is CC(C)(C)C(=O)C=C(O)C(C)(C)C.[Ir].[c-]1cccc2ccc3c4c(cnc3c12)C1CCC4C1. The fraction of sp³-hybridized carbons (Fsp3) is 0.448. The van der Waals surface area contributed by atoms with Gasteiger partial charge in [0.25, 0.3) is 0 Å². The van der Waals surface area contributed by atoms with Gasteiger partial charge in [-0.2, -0.15) is 0 Å². The number of allylic oxidation sites excluding steroid dienone is 2. The predicted molar refractivity (Wildman–Crippen MR) is 132 cm³/mol. The average molecular weight is 621 g/mol. The molecule has 5 rings (SSSR count). The van der Waals surface area contributed by atoms with Gasteiger partial charge < -0.3 is 10.1 Å². The van der Waals surface area contributed by atoms with Gasteiger partial charge in [-0.3, -0.25) is 4.79 Å². The Morgan fingerprint density at radius 3 is 2.42 bits per heavy atom. The molecular formula is C29H34IrNO2-. The van der Waals surface area contributed by atoms with Crippen molar-refractivity contribution in [3.8, 4) is 0 Å². The molecule has 2 aliphatic rings. The zero-order valence-electron chi connectivity index (χ0n) is 20.5. The minimum absolute atomic E-state index is 0. The van der Waals surface area contributed by atoms with Crippen LogP contribution in [0, 0.1) is 16.9 Å². The monoisotopic (exact) mass is 621 g/mol. The number of aliphatic hydroxyl groups is 1. The van der Waals surface area contributed by atoms with Crippen LogP contribution in [0.2, 0.25) is 0 Å². The second-order valence-electron chi connectivity index (χ2n) is 11.3. The number of rotatable bonds is 1. The third-order valence-corrected chi connectivity index (χ3v) is 6.80. The van der Waals surface area contributed by atoms with E-state index in [0.29, 0.717) is 0 Å². The van der Waals surface area contributed by atoms with E-state index in [1.165, 1.54) is 47.1 Å². The van der Waals surface area contributed by atoms with E-state index in [-0.39, 0.29) is 37.1 Å². The van der Waals surface area contributed by atoms with Gasteiger partial charge in [-0.05, 0) is 53.1 Å². The van der Waals surface area contributed by atoms with Crippen LogP contribution in [0.15, 0.2) is 48.4 Å². The van der Waals surface area contributed by atoms with Crippen molar-refractivity contribution < 1.29 is 30.0 Å². The first kappa shape index (κ1) is 25.6. The van der Waals surface area contributed by atoms with Crippen molar-refractivity contribution in [2.75, 3.05) is 0 Å². The van der Waals surface area contributed by atoms with Gasteiger partial charge in [-0.1, -0.05) is 53.7 Å². The number of hydrogen-bond acceptors (Lipinski definition) is 3. The van der Waals surface area contributed by atoms with Gasteiger partial charge in [0.2, 0.25) is 0 Å². The third-order valence-electron chi connectivity index (χ3n) is 6.80. The number of fused-ring (bicyclic) bond motifs is 9. The molecule has 0 spiro atoms. The first-order valence-corrected chi connectivity index (χ1v) is 11.6. The normalized spacial score (nSPS) is 19.6. The van der Waals surface area contributed by atoms with Crippen molar-refractivity contribution in [2.45, 2.75) is 72.6 Å². The van der Waals surface area contributed by atoms with E-state index in [1.54, 1.807) is 5.56 Å². The van der Waals surface area contributed by atoms with Crippen LogP contribution in [0.5, 0.6) is 0 Å². The molecule has 0 saturated heterocycles. The summed E-state index contributed by atoms with van der Waals surface area (Å²) >= 11 is 0. The molecular weight excluding hydrogens is 587 g/mol. The Hall–Kier alpha value is -2.03. The number of hydrogen-bond donors (Lipinski definition) is 1. The maximum atomic E-state index is 11.5. The van der Waals surface area contributed by atoms with Gasteiger partial charge >= 0.3 is 0 Å². The number of carbonyl (C=O) groups excluding carboxylic acids is 1. The number of nitrogens with zero attached hydrogens (tertiary/aromatic N) is 1. The van der Waals surface area contributed by atoms with E-state index >= 15 is 0 Å². The summed E-state index contributed by atoms with van der Waals surface area (Å²) in [5.41, 5.74) is 3.50. The van der Waals surface area contributed by atoms with Crippen LogP contribution < -0.4 is 0 Å². The number of carbonyl (C=O) groups is 1. The molecule has 2 bridgehead atoms. The van der Waals surface area contributed by atoms with Crippen molar-refractivity contribution >= 4 is 27.5 Å². The molecule has 1 N–H and O–H groups in total. The van der Waals surface area contributed by atoms with Crippen molar-refractivity contribution in [3.05, 3.63) is 65.6 Å². The number of benzene rings is 2. The molecule has 0 amide bonds. The molecule has 1 saturated carbocycles. The van der Waals surface area contributed by atoms with Gasteiger partial charge in [0, 0.05) is 43.2 Å². The molecule has 2 aliphatic carbocycles. The molecule has 2 unspecified atom stereocenters. The molecule has 3 aromatic rings. The standard InChI is InChI=1S/C18H14N.C11H20O2.Ir/c1-2-4-14-11(3-1)7-8-15-17-13-6-5-12(9-13)16(17)10-19-18(14)15;1-10(2,3)8(12)7-9(13)11(4,5)6;/h1-3,7-8,10,12-13H,5-6,9H2;7,12H,1-6H3;/q-1;;. The Kier molecular flexibility index (Phi) is 7.22. The second-order valence-corrected chi connectivity index (χ2v) is 11.3. The molecule has 3 nitrogen and oxygen atoms in total. The first-order valence-electron chi connectivity index (χ1n) is 11.6. The summed E-state index contributed by atoms with van der Waals surface area (Å²) < 4.78 is 0. The molecule has 177 valence electrons. The topological polar surface area (TPSA) is 50.2 Å². The molecule has 33 heavy (non-hydrogen) atoms. The van der Waals surface area contributed by atoms with Crippen molar-refractivity contribution in [1.29, 1.82) is 0 Å². The van der Waals surface area contributed by atoms with Gasteiger partial charge in [0.1, 0.15) is 5.76 Å². The van der Waals surface area contributed by atoms with Crippen molar-refractivity contribution in [1.82, 2.24) is 4.98 Å². The second kappa shape index (κ2) is 9.31. The van der Waals surface area contributed by atoms with Crippen LogP contribution >= 0.6 is 0 Å². The minimum atomic E-state index is -0.417. The summed E-state index contributed by atoms with van der Waals surface area (Å²) in [6.45, 7) is 11.1. The van der Waals surface area contributed by atoms with Crippen LogP contribution in [0.4, 0.5) is 0 Å². The van der Waals surface area contributed by atoms with E-state index in [0.717, 1.165) is 17.4 Å². The molecule has 2 atom stereocenters. The molecule has 4 heteroatoms. The summed E-state index contributed by atoms with van der Waals surface area (Å²) in [4.78, 5) is 16.3. The van der Waals surface area contributed by atoms with E-state index in [2.05, 4.69) is 30.5 Å². The van der Waals surface area contributed by atoms with Gasteiger partial charge in [0.05, 0.1) is 0 Å². The quantitative estimate of drug-likeness (QED) is 0.132. The number of ketones is 1. The maximum Gasteiger partial charge on any atom is 0.164 e. The predicted octanol–water partition coefficient (Wildman–Crippen LogP) is 7.64. The largest absolute Gasteiger partial charge is 0.512 e. The average Bonchev–Trinajstić information content (AvgIpc) is 3.35. The minimum Gasteiger partial charge on any atom is -0.512 e. The van der Waals surface area contributed by atoms with Crippen LogP contribution in [-0.2, 0) is 24.9 Å². The third kappa shape index (κ3) is 5.07. The zero-order chi connectivity index (χ0) is 23.3. The molecule has 2 aromatic carbocycles. The summed E-state index contributed by atoms with van der Waals surface area (Å²) in [5.74, 6) is 1.67. The molecule has 1 radical (unpaired) electrons. The smallest absolute Gasteiger partial charge is 0.164 e.